The van der Waals surface area contributed by atoms with Crippen LogP contribution in [0.1, 0.15) is 16.8 Å². The van der Waals surface area contributed by atoms with Crippen LogP contribution in [0.2, 0.25) is 0 Å². The number of nitrogens with zero attached hydrogens (tertiary/aromatic N) is 4. The Hall–Kier alpha value is -4.37. The molecule has 150 valence electrons. The predicted octanol–water partition coefficient (Wildman–Crippen LogP) is 5.89. The number of pyridine rings is 2. The highest BCUT2D eigenvalue weighted by Crippen LogP contribution is 2.31. The molecule has 6 heteroatoms. The van der Waals surface area contributed by atoms with E-state index in [2.05, 4.69) is 39.6 Å². The van der Waals surface area contributed by atoms with Crippen LogP contribution in [0.5, 0.6) is 0 Å². The average molecular weight is 407 g/mol. The van der Waals surface area contributed by atoms with E-state index in [1.165, 1.54) is 0 Å². The fourth-order valence-corrected chi connectivity index (χ4v) is 3.33. The van der Waals surface area contributed by atoms with Crippen molar-refractivity contribution in [1.29, 1.82) is 5.26 Å². The van der Waals surface area contributed by atoms with E-state index in [1.54, 1.807) is 48.7 Å². The smallest absolute Gasteiger partial charge is 0.173 e. The van der Waals surface area contributed by atoms with E-state index in [1.807, 2.05) is 18.2 Å². The van der Waals surface area contributed by atoms with Gasteiger partial charge in [0.25, 0.3) is 0 Å². The van der Waals surface area contributed by atoms with Crippen molar-refractivity contribution in [1.82, 2.24) is 9.97 Å². The van der Waals surface area contributed by atoms with E-state index in [-0.39, 0.29) is 5.82 Å². The van der Waals surface area contributed by atoms with Crippen LogP contribution in [-0.4, -0.2) is 16.7 Å². The Morgan fingerprint density at radius 1 is 1.13 bits per heavy atom. The minimum absolute atomic E-state index is 0.144. The number of aliphatic imine (C=N–C) groups is 1. The van der Waals surface area contributed by atoms with E-state index in [0.717, 1.165) is 22.2 Å². The van der Waals surface area contributed by atoms with Gasteiger partial charge in [-0.25, -0.2) is 9.37 Å². The zero-order valence-corrected chi connectivity index (χ0v) is 16.6. The molecule has 0 radical (unpaired) electrons. The maximum absolute atomic E-state index is 15.2. The fraction of sp³-hybridized carbons (Fsp3) is 0.0400. The molecule has 0 bridgehead atoms. The molecule has 0 spiro atoms. The number of fused-ring (bicyclic) bond motifs is 1. The molecule has 0 atom stereocenters. The monoisotopic (exact) mass is 407 g/mol. The molecule has 0 fully saturated rings. The third-order valence-corrected chi connectivity index (χ3v) is 4.93. The van der Waals surface area contributed by atoms with Gasteiger partial charge in [-0.15, -0.1) is 0 Å². The van der Waals surface area contributed by atoms with E-state index in [0.29, 0.717) is 28.9 Å². The number of nitriles is 1. The maximum atomic E-state index is 15.2. The number of rotatable bonds is 6. The van der Waals surface area contributed by atoms with Crippen molar-refractivity contribution in [2.24, 2.45) is 4.99 Å². The number of nitrogens with one attached hydrogen (secondary N) is 1. The van der Waals surface area contributed by atoms with Gasteiger partial charge in [0.2, 0.25) is 0 Å². The SMILES string of the molecule is C=Cc1cc(-c2ccnc(NCc3ccc4cc(C#N)ccc4n3)c2F)ccc1N=C. The molecule has 0 aliphatic carbocycles. The molecule has 5 nitrogen and oxygen atoms in total. The highest BCUT2D eigenvalue weighted by Gasteiger charge is 2.13. The molecule has 4 rings (SSSR count). The van der Waals surface area contributed by atoms with Gasteiger partial charge in [0, 0.05) is 22.7 Å². The molecule has 2 aromatic carbocycles. The Morgan fingerprint density at radius 2 is 2.00 bits per heavy atom. The Kier molecular flexibility index (Phi) is 5.50. The summed E-state index contributed by atoms with van der Waals surface area (Å²) in [6.45, 7) is 7.63. The van der Waals surface area contributed by atoms with Crippen LogP contribution in [0, 0.1) is 17.1 Å². The van der Waals surface area contributed by atoms with Crippen LogP contribution >= 0.6 is 0 Å². The van der Waals surface area contributed by atoms with Crippen molar-refractivity contribution in [2.75, 3.05) is 5.32 Å². The first-order chi connectivity index (χ1) is 15.1. The van der Waals surface area contributed by atoms with E-state index in [9.17, 15) is 0 Å². The third kappa shape index (κ3) is 4.02. The van der Waals surface area contributed by atoms with Crippen molar-refractivity contribution in [2.45, 2.75) is 6.54 Å². The number of hydrogen-bond donors (Lipinski definition) is 1. The van der Waals surface area contributed by atoms with Crippen LogP contribution in [0.3, 0.4) is 0 Å². The second-order valence-electron chi connectivity index (χ2n) is 6.83. The molecule has 0 saturated heterocycles. The van der Waals surface area contributed by atoms with Crippen molar-refractivity contribution in [3.63, 3.8) is 0 Å². The Balaban J connectivity index is 1.59. The van der Waals surface area contributed by atoms with Gasteiger partial charge in [0.15, 0.2) is 11.6 Å². The lowest BCUT2D eigenvalue weighted by molar-refractivity contribution is 0.627. The number of anilines is 1. The van der Waals surface area contributed by atoms with Gasteiger partial charge in [0.05, 0.1) is 35.1 Å². The topological polar surface area (TPSA) is 74.0 Å². The summed E-state index contributed by atoms with van der Waals surface area (Å²) >= 11 is 0. The molecule has 31 heavy (non-hydrogen) atoms. The lowest BCUT2D eigenvalue weighted by Gasteiger charge is -2.11. The summed E-state index contributed by atoms with van der Waals surface area (Å²) in [6.07, 6.45) is 3.22. The first-order valence-corrected chi connectivity index (χ1v) is 9.54. The van der Waals surface area contributed by atoms with E-state index in [4.69, 9.17) is 5.26 Å². The molecular formula is C25H18FN5. The Morgan fingerprint density at radius 3 is 2.77 bits per heavy atom. The second kappa shape index (κ2) is 8.56. The van der Waals surface area contributed by atoms with Crippen LogP contribution < -0.4 is 5.32 Å². The number of hydrogen-bond acceptors (Lipinski definition) is 5. The normalized spacial score (nSPS) is 10.5. The molecule has 4 aromatic rings. The maximum Gasteiger partial charge on any atom is 0.173 e. The van der Waals surface area contributed by atoms with Gasteiger partial charge in [-0.2, -0.15) is 5.26 Å². The van der Waals surface area contributed by atoms with Gasteiger partial charge in [-0.3, -0.25) is 9.98 Å². The summed E-state index contributed by atoms with van der Waals surface area (Å²) in [4.78, 5) is 12.7. The first-order valence-electron chi connectivity index (χ1n) is 9.54. The highest BCUT2D eigenvalue weighted by atomic mass is 19.1. The molecule has 0 aliphatic rings. The Bertz CT molecular complexity index is 1350. The molecule has 2 aromatic heterocycles. The van der Waals surface area contributed by atoms with Gasteiger partial charge in [0.1, 0.15) is 0 Å². The van der Waals surface area contributed by atoms with Crippen molar-refractivity contribution in [3.8, 4) is 17.2 Å². The summed E-state index contributed by atoms with van der Waals surface area (Å²) in [5.74, 6) is -0.304. The molecule has 2 heterocycles. The zero-order valence-electron chi connectivity index (χ0n) is 16.6. The van der Waals surface area contributed by atoms with Gasteiger partial charge < -0.3 is 5.32 Å². The summed E-state index contributed by atoms with van der Waals surface area (Å²) in [5.41, 5.74) is 4.68. The fourth-order valence-electron chi connectivity index (χ4n) is 3.33. The van der Waals surface area contributed by atoms with Crippen LogP contribution in [-0.2, 0) is 6.54 Å². The summed E-state index contributed by atoms with van der Waals surface area (Å²) in [5, 5.41) is 12.9. The van der Waals surface area contributed by atoms with Crippen molar-refractivity contribution >= 4 is 35.2 Å². The lowest BCUT2D eigenvalue weighted by atomic mass is 10.0. The number of benzene rings is 2. The number of halogens is 1. The standard InChI is InChI=1S/C25H18FN5/c1-3-17-13-18(6-9-22(17)28-2)21-10-11-29-25(24(21)26)30-15-20-7-5-19-12-16(14-27)4-8-23(19)31-20/h3-13H,1-2,15H2,(H,29,30). The third-order valence-electron chi connectivity index (χ3n) is 4.93. The van der Waals surface area contributed by atoms with E-state index >= 15 is 4.39 Å². The van der Waals surface area contributed by atoms with E-state index < -0.39 is 5.82 Å². The second-order valence-corrected chi connectivity index (χ2v) is 6.83. The first kappa shape index (κ1) is 19.9. The van der Waals surface area contributed by atoms with Gasteiger partial charge in [-0.05, 0) is 54.7 Å². The Labute approximate surface area is 179 Å². The summed E-state index contributed by atoms with van der Waals surface area (Å²) < 4.78 is 15.2. The van der Waals surface area contributed by atoms with Crippen LogP contribution in [0.4, 0.5) is 15.9 Å². The van der Waals surface area contributed by atoms with Gasteiger partial charge in [-0.1, -0.05) is 24.8 Å². The minimum Gasteiger partial charge on any atom is -0.362 e. The zero-order chi connectivity index (χ0) is 21.8. The predicted molar refractivity (Wildman–Crippen MR) is 123 cm³/mol. The molecule has 0 saturated carbocycles. The summed E-state index contributed by atoms with van der Waals surface area (Å²) in [6, 6.07) is 18.2. The highest BCUT2D eigenvalue weighted by molar-refractivity contribution is 5.80. The molecule has 1 N–H and O–H groups in total. The quantitative estimate of drug-likeness (QED) is 0.404. The van der Waals surface area contributed by atoms with Gasteiger partial charge >= 0.3 is 0 Å². The molecular weight excluding hydrogens is 389 g/mol. The molecule has 0 aliphatic heterocycles. The molecule has 0 amide bonds. The minimum atomic E-state index is -0.448. The van der Waals surface area contributed by atoms with Crippen molar-refractivity contribution < 1.29 is 4.39 Å². The van der Waals surface area contributed by atoms with Crippen molar-refractivity contribution in [3.05, 3.63) is 90.0 Å². The molecule has 0 unspecified atom stereocenters. The van der Waals surface area contributed by atoms with Crippen LogP contribution in [0.15, 0.2) is 72.4 Å². The summed E-state index contributed by atoms with van der Waals surface area (Å²) in [7, 11) is 0. The van der Waals surface area contributed by atoms with Crippen LogP contribution in [0.25, 0.3) is 28.1 Å². The average Bonchev–Trinajstić information content (AvgIpc) is 2.82. The lowest BCUT2D eigenvalue weighted by Crippen LogP contribution is -2.06. The largest absolute Gasteiger partial charge is 0.362 e. The number of aromatic nitrogens is 2.